The number of hydrogen-bond acceptors (Lipinski definition) is 6. The fraction of sp³-hybridized carbons (Fsp3) is 0.467. The van der Waals surface area contributed by atoms with E-state index in [1.54, 1.807) is 21.8 Å². The largest absolute Gasteiger partial charge is 0.388 e. The van der Waals surface area contributed by atoms with Crippen molar-refractivity contribution in [2.75, 3.05) is 13.1 Å². The summed E-state index contributed by atoms with van der Waals surface area (Å²) in [6.07, 6.45) is 7.70. The average molecular weight is 329 g/mol. The standard InChI is InChI=1S/C15H19N7O2/c1-20-8-11(6-18-20)22-13-12(7-19-22)14(23)21(10-17-13)9-15(24)2-4-16-5-3-15/h6-8,10,16,24H,2-5,9H2,1H3. The SMILES string of the molecule is Cn1cc(-n2ncc3c(=O)n(CC4(O)CCNCC4)cnc32)cn1. The van der Waals surface area contributed by atoms with Gasteiger partial charge in [-0.05, 0) is 25.9 Å². The average Bonchev–Trinajstić information content (AvgIpc) is 3.17. The van der Waals surface area contributed by atoms with Crippen LogP contribution in [0.1, 0.15) is 12.8 Å². The van der Waals surface area contributed by atoms with Gasteiger partial charge in [-0.2, -0.15) is 10.2 Å². The molecule has 4 rings (SSSR count). The molecule has 0 spiro atoms. The number of fused-ring (bicyclic) bond motifs is 1. The molecule has 0 aromatic carbocycles. The number of hydrogen-bond donors (Lipinski definition) is 2. The molecular weight excluding hydrogens is 310 g/mol. The Bertz CT molecular complexity index is 933. The maximum absolute atomic E-state index is 12.7. The second-order valence-corrected chi connectivity index (χ2v) is 6.32. The van der Waals surface area contributed by atoms with E-state index in [1.165, 1.54) is 17.1 Å². The van der Waals surface area contributed by atoms with Gasteiger partial charge in [-0.25, -0.2) is 9.67 Å². The first kappa shape index (κ1) is 15.0. The molecule has 0 unspecified atom stereocenters. The zero-order chi connectivity index (χ0) is 16.7. The van der Waals surface area contributed by atoms with Crippen molar-refractivity contribution in [3.63, 3.8) is 0 Å². The van der Waals surface area contributed by atoms with Crippen molar-refractivity contribution in [1.82, 2.24) is 34.4 Å². The molecule has 1 saturated heterocycles. The van der Waals surface area contributed by atoms with E-state index in [2.05, 4.69) is 20.5 Å². The first-order valence-electron chi connectivity index (χ1n) is 7.91. The third-order valence-electron chi connectivity index (χ3n) is 4.49. The smallest absolute Gasteiger partial charge is 0.264 e. The van der Waals surface area contributed by atoms with Crippen LogP contribution in [0.5, 0.6) is 0 Å². The quantitative estimate of drug-likeness (QED) is 0.667. The Morgan fingerprint density at radius 1 is 1.29 bits per heavy atom. The highest BCUT2D eigenvalue weighted by molar-refractivity contribution is 5.74. The first-order valence-corrected chi connectivity index (χ1v) is 7.91. The van der Waals surface area contributed by atoms with Gasteiger partial charge in [0.25, 0.3) is 5.56 Å². The van der Waals surface area contributed by atoms with Crippen LogP contribution in [-0.4, -0.2) is 52.9 Å². The lowest BCUT2D eigenvalue weighted by atomic mass is 9.92. The molecule has 0 atom stereocenters. The lowest BCUT2D eigenvalue weighted by molar-refractivity contribution is -0.00627. The molecule has 2 N–H and O–H groups in total. The Labute approximate surface area is 137 Å². The number of aryl methyl sites for hydroxylation is 1. The highest BCUT2D eigenvalue weighted by Gasteiger charge is 2.30. The van der Waals surface area contributed by atoms with Gasteiger partial charge < -0.3 is 10.4 Å². The van der Waals surface area contributed by atoms with Gasteiger partial charge in [0.2, 0.25) is 0 Å². The molecule has 0 radical (unpaired) electrons. The summed E-state index contributed by atoms with van der Waals surface area (Å²) in [6, 6.07) is 0. The van der Waals surface area contributed by atoms with E-state index in [4.69, 9.17) is 0 Å². The summed E-state index contributed by atoms with van der Waals surface area (Å²) in [7, 11) is 1.81. The normalized spacial score (nSPS) is 17.4. The van der Waals surface area contributed by atoms with Crippen molar-refractivity contribution in [1.29, 1.82) is 0 Å². The topological polar surface area (TPSA) is 103 Å². The molecule has 3 aromatic heterocycles. The second kappa shape index (κ2) is 5.53. The Morgan fingerprint density at radius 2 is 2.08 bits per heavy atom. The summed E-state index contributed by atoms with van der Waals surface area (Å²) in [5.41, 5.74) is 0.168. The number of aromatic nitrogens is 6. The molecule has 0 aliphatic carbocycles. The van der Waals surface area contributed by atoms with Gasteiger partial charge >= 0.3 is 0 Å². The van der Waals surface area contributed by atoms with E-state index in [0.717, 1.165) is 18.8 Å². The maximum Gasteiger partial charge on any atom is 0.264 e. The predicted molar refractivity (Wildman–Crippen MR) is 86.9 cm³/mol. The van der Waals surface area contributed by atoms with Crippen LogP contribution in [0.4, 0.5) is 0 Å². The van der Waals surface area contributed by atoms with E-state index in [-0.39, 0.29) is 12.1 Å². The van der Waals surface area contributed by atoms with Crippen molar-refractivity contribution in [2.24, 2.45) is 7.05 Å². The Kier molecular flexibility index (Phi) is 3.47. The van der Waals surface area contributed by atoms with Crippen LogP contribution >= 0.6 is 0 Å². The molecule has 0 saturated carbocycles. The molecule has 1 aliphatic heterocycles. The summed E-state index contributed by atoms with van der Waals surface area (Å²) in [6.45, 7) is 1.74. The van der Waals surface area contributed by atoms with E-state index in [0.29, 0.717) is 23.9 Å². The summed E-state index contributed by atoms with van der Waals surface area (Å²) in [5, 5.41) is 22.7. The van der Waals surface area contributed by atoms with E-state index in [9.17, 15) is 9.90 Å². The van der Waals surface area contributed by atoms with Crippen molar-refractivity contribution in [3.8, 4) is 5.69 Å². The van der Waals surface area contributed by atoms with Gasteiger partial charge in [0.15, 0.2) is 5.65 Å². The lowest BCUT2D eigenvalue weighted by Gasteiger charge is -2.32. The number of nitrogens with zero attached hydrogens (tertiary/aromatic N) is 6. The summed E-state index contributed by atoms with van der Waals surface area (Å²) in [4.78, 5) is 17.1. The molecule has 1 aliphatic rings. The number of rotatable bonds is 3. The molecule has 0 amide bonds. The van der Waals surface area contributed by atoms with Crippen LogP contribution < -0.4 is 10.9 Å². The first-order chi connectivity index (χ1) is 11.6. The van der Waals surface area contributed by atoms with Crippen LogP contribution in [0.25, 0.3) is 16.7 Å². The van der Waals surface area contributed by atoms with E-state index in [1.807, 2.05) is 7.05 Å². The van der Waals surface area contributed by atoms with Crippen molar-refractivity contribution < 1.29 is 5.11 Å². The Balaban J connectivity index is 1.72. The molecule has 4 heterocycles. The van der Waals surface area contributed by atoms with Crippen LogP contribution in [-0.2, 0) is 13.6 Å². The summed E-state index contributed by atoms with van der Waals surface area (Å²) >= 11 is 0. The van der Waals surface area contributed by atoms with Crippen LogP contribution in [0.3, 0.4) is 0 Å². The van der Waals surface area contributed by atoms with Gasteiger partial charge in [0.05, 0.1) is 30.7 Å². The minimum absolute atomic E-state index is 0.193. The molecule has 9 nitrogen and oxygen atoms in total. The van der Waals surface area contributed by atoms with Gasteiger partial charge in [-0.1, -0.05) is 0 Å². The minimum atomic E-state index is -0.871. The Hall–Kier alpha value is -2.52. The van der Waals surface area contributed by atoms with Gasteiger partial charge in [0.1, 0.15) is 17.4 Å². The van der Waals surface area contributed by atoms with Crippen LogP contribution in [0.15, 0.2) is 29.7 Å². The van der Waals surface area contributed by atoms with Gasteiger partial charge in [0, 0.05) is 7.05 Å². The van der Waals surface area contributed by atoms with Crippen molar-refractivity contribution >= 4 is 11.0 Å². The molecule has 1 fully saturated rings. The summed E-state index contributed by atoms with van der Waals surface area (Å²) in [5.74, 6) is 0. The molecule has 24 heavy (non-hydrogen) atoms. The van der Waals surface area contributed by atoms with Crippen LogP contribution in [0, 0.1) is 0 Å². The predicted octanol–water partition coefficient (Wildman–Crippen LogP) is -0.570. The maximum atomic E-state index is 12.7. The highest BCUT2D eigenvalue weighted by atomic mass is 16.3. The monoisotopic (exact) mass is 329 g/mol. The minimum Gasteiger partial charge on any atom is -0.388 e. The molecule has 3 aromatic rings. The van der Waals surface area contributed by atoms with E-state index >= 15 is 0 Å². The summed E-state index contributed by atoms with van der Waals surface area (Å²) < 4.78 is 4.73. The highest BCUT2D eigenvalue weighted by Crippen LogP contribution is 2.20. The molecule has 0 bridgehead atoms. The zero-order valence-corrected chi connectivity index (χ0v) is 13.4. The molecule has 9 heteroatoms. The second-order valence-electron chi connectivity index (χ2n) is 6.32. The zero-order valence-electron chi connectivity index (χ0n) is 13.4. The third-order valence-corrected chi connectivity index (χ3v) is 4.49. The number of aliphatic hydroxyl groups is 1. The molecular formula is C15H19N7O2. The van der Waals surface area contributed by atoms with E-state index < -0.39 is 5.60 Å². The van der Waals surface area contributed by atoms with Crippen molar-refractivity contribution in [3.05, 3.63) is 35.3 Å². The third kappa shape index (κ3) is 2.51. The van der Waals surface area contributed by atoms with Crippen molar-refractivity contribution in [2.45, 2.75) is 25.0 Å². The lowest BCUT2D eigenvalue weighted by Crippen LogP contribution is -2.46. The molecule has 126 valence electrons. The van der Waals surface area contributed by atoms with Crippen LogP contribution in [0.2, 0.25) is 0 Å². The van der Waals surface area contributed by atoms with Gasteiger partial charge in [-0.15, -0.1) is 0 Å². The Morgan fingerprint density at radius 3 is 2.79 bits per heavy atom. The number of piperidine rings is 1. The fourth-order valence-corrected chi connectivity index (χ4v) is 3.14. The fourth-order valence-electron chi connectivity index (χ4n) is 3.14. The number of nitrogens with one attached hydrogen (secondary N) is 1. The van der Waals surface area contributed by atoms with Gasteiger partial charge in [-0.3, -0.25) is 14.0 Å².